The summed E-state index contributed by atoms with van der Waals surface area (Å²) in [4.78, 5) is 42.0. The normalized spacial score (nSPS) is 14.2. The zero-order chi connectivity index (χ0) is 25.4. The minimum absolute atomic E-state index is 0.161. The second kappa shape index (κ2) is 9.29. The molecular formula is C26H25N5O5. The second-order valence-electron chi connectivity index (χ2n) is 8.88. The van der Waals surface area contributed by atoms with Gasteiger partial charge < -0.3 is 14.6 Å². The van der Waals surface area contributed by atoms with Gasteiger partial charge in [-0.15, -0.1) is 0 Å². The Morgan fingerprint density at radius 3 is 2.64 bits per heavy atom. The summed E-state index contributed by atoms with van der Waals surface area (Å²) in [5.74, 6) is 0.576. The molecule has 3 heterocycles. The van der Waals surface area contributed by atoms with E-state index in [2.05, 4.69) is 10.1 Å². The number of likely N-dealkylation sites (tertiary alicyclic amines) is 1. The lowest BCUT2D eigenvalue weighted by atomic mass is 9.89. The summed E-state index contributed by atoms with van der Waals surface area (Å²) in [6, 6.07) is 13.3. The molecule has 184 valence electrons. The Hall–Kier alpha value is -4.47. The van der Waals surface area contributed by atoms with Gasteiger partial charge in [0.25, 0.3) is 11.6 Å². The van der Waals surface area contributed by atoms with E-state index in [1.165, 1.54) is 22.4 Å². The molecule has 1 fully saturated rings. The number of H-pyrrole nitrogens is 1. The van der Waals surface area contributed by atoms with Crippen molar-refractivity contribution in [3.05, 3.63) is 92.0 Å². The number of methoxy groups -OCH3 is 1. The SMILES string of the molecule is COc1ccc2[nH]cc(C3CCN(C(=O)c4nn(-c5ccccc5[N+](=O)[O-])c(C)cc4=O)CC3)c2c1. The summed E-state index contributed by atoms with van der Waals surface area (Å²) < 4.78 is 6.66. The number of aromatic nitrogens is 3. The highest BCUT2D eigenvalue weighted by Crippen LogP contribution is 2.35. The van der Waals surface area contributed by atoms with Crippen LogP contribution in [0, 0.1) is 17.0 Å². The summed E-state index contributed by atoms with van der Waals surface area (Å²) >= 11 is 0. The molecule has 1 aliphatic rings. The number of amides is 1. The first-order valence-electron chi connectivity index (χ1n) is 11.7. The number of nitro benzene ring substituents is 1. The number of nitrogens with zero attached hydrogens (tertiary/aromatic N) is 4. The Labute approximate surface area is 206 Å². The highest BCUT2D eigenvalue weighted by Gasteiger charge is 2.29. The number of hydrogen-bond donors (Lipinski definition) is 1. The smallest absolute Gasteiger partial charge is 0.294 e. The summed E-state index contributed by atoms with van der Waals surface area (Å²) in [7, 11) is 1.64. The Morgan fingerprint density at radius 1 is 1.17 bits per heavy atom. The number of hydrogen-bond acceptors (Lipinski definition) is 6. The number of aromatic amines is 1. The van der Waals surface area contributed by atoms with Crippen LogP contribution in [0.25, 0.3) is 16.6 Å². The number of benzene rings is 2. The van der Waals surface area contributed by atoms with Gasteiger partial charge in [-0.25, -0.2) is 4.68 Å². The molecule has 0 atom stereocenters. The molecule has 1 amide bonds. The van der Waals surface area contributed by atoms with Crippen molar-refractivity contribution in [1.29, 1.82) is 0 Å². The Bertz CT molecular complexity index is 1530. The van der Waals surface area contributed by atoms with Crippen LogP contribution < -0.4 is 10.2 Å². The lowest BCUT2D eigenvalue weighted by molar-refractivity contribution is -0.384. The maximum Gasteiger partial charge on any atom is 0.294 e. The predicted molar refractivity (Wildman–Crippen MR) is 134 cm³/mol. The number of carbonyl (C=O) groups is 1. The lowest BCUT2D eigenvalue weighted by Gasteiger charge is -2.31. The number of rotatable bonds is 5. The van der Waals surface area contributed by atoms with Crippen LogP contribution in [-0.2, 0) is 0 Å². The summed E-state index contributed by atoms with van der Waals surface area (Å²) in [6.45, 7) is 2.57. The van der Waals surface area contributed by atoms with Crippen molar-refractivity contribution in [2.45, 2.75) is 25.7 Å². The zero-order valence-corrected chi connectivity index (χ0v) is 19.9. The molecule has 1 N–H and O–H groups in total. The zero-order valence-electron chi connectivity index (χ0n) is 19.9. The first kappa shape index (κ1) is 23.3. The van der Waals surface area contributed by atoms with Crippen LogP contribution in [0.15, 0.2) is 59.5 Å². The van der Waals surface area contributed by atoms with E-state index < -0.39 is 16.3 Å². The first-order chi connectivity index (χ1) is 17.4. The average Bonchev–Trinajstić information content (AvgIpc) is 3.31. The summed E-state index contributed by atoms with van der Waals surface area (Å²) in [5, 5.41) is 16.9. The fourth-order valence-electron chi connectivity index (χ4n) is 4.87. The van der Waals surface area contributed by atoms with E-state index >= 15 is 0 Å². The van der Waals surface area contributed by atoms with E-state index in [4.69, 9.17) is 4.74 Å². The molecule has 10 nitrogen and oxygen atoms in total. The van der Waals surface area contributed by atoms with E-state index in [1.54, 1.807) is 37.1 Å². The third-order valence-corrected chi connectivity index (χ3v) is 6.76. The minimum atomic E-state index is -0.513. The number of piperidine rings is 1. The van der Waals surface area contributed by atoms with Gasteiger partial charge in [0.1, 0.15) is 11.4 Å². The van der Waals surface area contributed by atoms with Crippen molar-refractivity contribution >= 4 is 22.5 Å². The van der Waals surface area contributed by atoms with Crippen molar-refractivity contribution in [3.8, 4) is 11.4 Å². The van der Waals surface area contributed by atoms with E-state index in [-0.39, 0.29) is 23.0 Å². The van der Waals surface area contributed by atoms with E-state index in [0.717, 1.165) is 29.5 Å². The van der Waals surface area contributed by atoms with Crippen molar-refractivity contribution in [1.82, 2.24) is 19.7 Å². The molecule has 10 heteroatoms. The van der Waals surface area contributed by atoms with Crippen LogP contribution in [-0.4, -0.2) is 50.7 Å². The Morgan fingerprint density at radius 2 is 1.92 bits per heavy atom. The largest absolute Gasteiger partial charge is 0.497 e. The maximum absolute atomic E-state index is 13.3. The molecule has 0 radical (unpaired) electrons. The molecule has 0 bridgehead atoms. The van der Waals surface area contributed by atoms with Crippen LogP contribution in [0.5, 0.6) is 5.75 Å². The van der Waals surface area contributed by atoms with Gasteiger partial charge in [0, 0.05) is 48.0 Å². The number of fused-ring (bicyclic) bond motifs is 1. The quantitative estimate of drug-likeness (QED) is 0.336. The number of aryl methyl sites for hydroxylation is 1. The minimum Gasteiger partial charge on any atom is -0.497 e. The molecular weight excluding hydrogens is 462 g/mol. The van der Waals surface area contributed by atoms with Crippen LogP contribution in [0.1, 0.15) is 40.5 Å². The van der Waals surface area contributed by atoms with Gasteiger partial charge in [0.05, 0.1) is 12.0 Å². The first-order valence-corrected chi connectivity index (χ1v) is 11.7. The lowest BCUT2D eigenvalue weighted by Crippen LogP contribution is -2.41. The number of carbonyl (C=O) groups excluding carboxylic acids is 1. The molecule has 1 saturated heterocycles. The van der Waals surface area contributed by atoms with Gasteiger partial charge in [0.2, 0.25) is 5.43 Å². The van der Waals surface area contributed by atoms with Crippen LogP contribution in [0.4, 0.5) is 5.69 Å². The molecule has 0 saturated carbocycles. The van der Waals surface area contributed by atoms with Crippen molar-refractivity contribution in [2.75, 3.05) is 20.2 Å². The van der Waals surface area contributed by atoms with Gasteiger partial charge in [-0.2, -0.15) is 5.10 Å². The molecule has 0 spiro atoms. The molecule has 1 aliphatic heterocycles. The number of ether oxygens (including phenoxy) is 1. The van der Waals surface area contributed by atoms with Crippen molar-refractivity contribution < 1.29 is 14.5 Å². The van der Waals surface area contributed by atoms with Crippen molar-refractivity contribution in [2.24, 2.45) is 0 Å². The van der Waals surface area contributed by atoms with Crippen molar-refractivity contribution in [3.63, 3.8) is 0 Å². The highest BCUT2D eigenvalue weighted by molar-refractivity contribution is 5.92. The standard InChI is InChI=1S/C26H25N5O5/c1-16-13-24(32)25(28-30(16)22-5-3-4-6-23(22)31(34)35)26(33)29-11-9-17(10-12-29)20-15-27-21-8-7-18(36-2)14-19(20)21/h3-8,13-15,17,27H,9-12H2,1-2H3. The molecule has 5 rings (SSSR count). The van der Waals surface area contributed by atoms with Crippen LogP contribution in [0.3, 0.4) is 0 Å². The molecule has 2 aromatic carbocycles. The van der Waals surface area contributed by atoms with E-state index in [9.17, 15) is 19.7 Å². The van der Waals surface area contributed by atoms with Gasteiger partial charge in [0.15, 0.2) is 5.69 Å². The third-order valence-electron chi connectivity index (χ3n) is 6.76. The van der Waals surface area contributed by atoms with Crippen LogP contribution >= 0.6 is 0 Å². The number of nitrogens with one attached hydrogen (secondary N) is 1. The van der Waals surface area contributed by atoms with Crippen LogP contribution in [0.2, 0.25) is 0 Å². The van der Waals surface area contributed by atoms with Gasteiger partial charge in [-0.3, -0.25) is 19.7 Å². The molecule has 0 unspecified atom stereocenters. The molecule has 4 aromatic rings. The second-order valence-corrected chi connectivity index (χ2v) is 8.88. The van der Waals surface area contributed by atoms with Gasteiger partial charge in [-0.1, -0.05) is 12.1 Å². The summed E-state index contributed by atoms with van der Waals surface area (Å²) in [6.07, 6.45) is 3.49. The maximum atomic E-state index is 13.3. The van der Waals surface area contributed by atoms with E-state index in [1.807, 2.05) is 24.4 Å². The fraction of sp³-hybridized carbons (Fsp3) is 0.269. The third kappa shape index (κ3) is 4.10. The topological polar surface area (TPSA) is 123 Å². The summed E-state index contributed by atoms with van der Waals surface area (Å²) in [5.41, 5.74) is 1.91. The Kier molecular flexibility index (Phi) is 6.01. The van der Waals surface area contributed by atoms with Gasteiger partial charge >= 0.3 is 0 Å². The monoisotopic (exact) mass is 487 g/mol. The van der Waals surface area contributed by atoms with E-state index in [0.29, 0.717) is 18.8 Å². The Balaban J connectivity index is 1.39. The highest BCUT2D eigenvalue weighted by atomic mass is 16.6. The predicted octanol–water partition coefficient (Wildman–Crippen LogP) is 3.96. The molecule has 36 heavy (non-hydrogen) atoms. The fourth-order valence-corrected chi connectivity index (χ4v) is 4.87. The number of para-hydroxylation sites is 2. The molecule has 0 aliphatic carbocycles. The average molecular weight is 488 g/mol. The number of nitro groups is 1. The molecule has 2 aromatic heterocycles. The van der Waals surface area contributed by atoms with Gasteiger partial charge in [-0.05, 0) is 55.5 Å².